The number of benzene rings is 3. The highest BCUT2D eigenvalue weighted by atomic mass is 35.5. The molecule has 0 spiro atoms. The third-order valence-corrected chi connectivity index (χ3v) is 6.90. The molecule has 1 aromatic heterocycles. The van der Waals surface area contributed by atoms with E-state index in [4.69, 9.17) is 25.5 Å². The second kappa shape index (κ2) is 8.46. The van der Waals surface area contributed by atoms with Crippen molar-refractivity contribution in [1.29, 1.82) is 0 Å². The lowest BCUT2D eigenvalue weighted by atomic mass is 10.0. The minimum atomic E-state index is -3.93. The summed E-state index contributed by atoms with van der Waals surface area (Å²) in [5.74, 6) is -0.305. The van der Waals surface area contributed by atoms with Crippen molar-refractivity contribution in [1.82, 2.24) is 0 Å². The Kier molecular flexibility index (Phi) is 5.85. The molecule has 0 amide bonds. The Hall–Kier alpha value is -3.07. The minimum absolute atomic E-state index is 0.0541. The lowest BCUT2D eigenvalue weighted by Gasteiger charge is -2.12. The quantitative estimate of drug-likeness (QED) is 0.383. The number of esters is 1. The molecule has 0 aliphatic rings. The van der Waals surface area contributed by atoms with Crippen LogP contribution < -0.4 is 4.72 Å². The summed E-state index contributed by atoms with van der Waals surface area (Å²) in [4.78, 5) is 12.6. The Morgan fingerprint density at radius 1 is 1.06 bits per heavy atom. The Labute approximate surface area is 189 Å². The van der Waals surface area contributed by atoms with E-state index < -0.39 is 16.0 Å². The van der Waals surface area contributed by atoms with E-state index in [1.54, 1.807) is 37.3 Å². The molecule has 0 aliphatic heterocycles. The molecule has 166 valence electrons. The molecule has 9 heteroatoms. The third kappa shape index (κ3) is 3.81. The maximum atomic E-state index is 13.1. The largest absolute Gasteiger partial charge is 0.465 e. The average molecular weight is 474 g/mol. The van der Waals surface area contributed by atoms with Gasteiger partial charge < -0.3 is 13.9 Å². The Bertz CT molecular complexity index is 1460. The zero-order valence-electron chi connectivity index (χ0n) is 17.6. The van der Waals surface area contributed by atoms with Crippen LogP contribution in [0.2, 0.25) is 5.02 Å². The first-order valence-electron chi connectivity index (χ1n) is 9.60. The second-order valence-corrected chi connectivity index (χ2v) is 9.28. The van der Waals surface area contributed by atoms with Crippen molar-refractivity contribution in [2.45, 2.75) is 18.4 Å². The van der Waals surface area contributed by atoms with Crippen molar-refractivity contribution in [3.8, 4) is 0 Å². The first-order valence-corrected chi connectivity index (χ1v) is 11.5. The van der Waals surface area contributed by atoms with Gasteiger partial charge in [-0.1, -0.05) is 35.9 Å². The van der Waals surface area contributed by atoms with E-state index in [9.17, 15) is 13.2 Å². The van der Waals surface area contributed by atoms with Crippen LogP contribution in [0.1, 0.15) is 21.7 Å². The molecule has 0 saturated carbocycles. The van der Waals surface area contributed by atoms with Crippen molar-refractivity contribution in [3.63, 3.8) is 0 Å². The van der Waals surface area contributed by atoms with Crippen molar-refractivity contribution >= 4 is 55.0 Å². The zero-order chi connectivity index (χ0) is 23.0. The minimum Gasteiger partial charge on any atom is -0.465 e. The number of furan rings is 1. The van der Waals surface area contributed by atoms with Crippen molar-refractivity contribution in [3.05, 3.63) is 70.4 Å². The van der Waals surface area contributed by atoms with Gasteiger partial charge in [0.05, 0.1) is 17.7 Å². The summed E-state index contributed by atoms with van der Waals surface area (Å²) in [6.45, 7) is 1.78. The monoisotopic (exact) mass is 473 g/mol. The van der Waals surface area contributed by atoms with Gasteiger partial charge in [0.1, 0.15) is 23.5 Å². The first-order chi connectivity index (χ1) is 15.3. The normalized spacial score (nSPS) is 11.8. The molecule has 1 heterocycles. The van der Waals surface area contributed by atoms with E-state index >= 15 is 0 Å². The fourth-order valence-corrected chi connectivity index (χ4v) is 4.87. The lowest BCUT2D eigenvalue weighted by molar-refractivity contribution is 0.0594. The van der Waals surface area contributed by atoms with Gasteiger partial charge in [0.25, 0.3) is 10.0 Å². The summed E-state index contributed by atoms with van der Waals surface area (Å²) in [6, 6.07) is 13.2. The lowest BCUT2D eigenvalue weighted by Crippen LogP contribution is -2.13. The molecule has 0 unspecified atom stereocenters. The van der Waals surface area contributed by atoms with Gasteiger partial charge in [-0.25, -0.2) is 13.2 Å². The number of carbonyl (C=O) groups is 1. The second-order valence-electron chi connectivity index (χ2n) is 7.19. The van der Waals surface area contributed by atoms with Crippen LogP contribution in [0.3, 0.4) is 0 Å². The van der Waals surface area contributed by atoms with E-state index in [-0.39, 0.29) is 17.1 Å². The van der Waals surface area contributed by atoms with E-state index in [1.165, 1.54) is 32.4 Å². The number of rotatable bonds is 6. The van der Waals surface area contributed by atoms with E-state index in [0.29, 0.717) is 43.8 Å². The molecule has 4 rings (SSSR count). The summed E-state index contributed by atoms with van der Waals surface area (Å²) >= 11 is 6.04. The van der Waals surface area contributed by atoms with Crippen LogP contribution in [0.5, 0.6) is 0 Å². The fraction of sp³-hybridized carbons (Fsp3) is 0.174. The van der Waals surface area contributed by atoms with Crippen LogP contribution in [-0.4, -0.2) is 28.6 Å². The van der Waals surface area contributed by atoms with Crippen LogP contribution in [0, 0.1) is 6.92 Å². The molecule has 1 N–H and O–H groups in total. The number of halogens is 1. The smallest absolute Gasteiger partial charge is 0.342 e. The summed E-state index contributed by atoms with van der Waals surface area (Å²) in [5, 5.41) is 2.15. The number of anilines is 1. The summed E-state index contributed by atoms with van der Waals surface area (Å²) in [5.41, 5.74) is 1.58. The van der Waals surface area contributed by atoms with E-state index in [1.807, 2.05) is 0 Å². The molecule has 0 aliphatic carbocycles. The molecule has 0 atom stereocenters. The van der Waals surface area contributed by atoms with Crippen molar-refractivity contribution in [2.24, 2.45) is 0 Å². The molecule has 3 aromatic carbocycles. The average Bonchev–Trinajstić information content (AvgIpc) is 3.13. The van der Waals surface area contributed by atoms with Crippen LogP contribution in [-0.2, 0) is 26.1 Å². The highest BCUT2D eigenvalue weighted by Gasteiger charge is 2.25. The summed E-state index contributed by atoms with van der Waals surface area (Å²) in [6.07, 6.45) is 0. The molecule has 4 aromatic rings. The molecule has 0 bridgehead atoms. The SMILES string of the molecule is COCc1oc2c(cc(NS(=O)(=O)c3ccc(Cl)c(C)c3)c3ccccc32)c1C(=O)OC. The maximum Gasteiger partial charge on any atom is 0.342 e. The number of hydrogen-bond acceptors (Lipinski definition) is 6. The Morgan fingerprint density at radius 3 is 2.44 bits per heavy atom. The van der Waals surface area contributed by atoms with Gasteiger partial charge in [0.2, 0.25) is 0 Å². The molecule has 0 radical (unpaired) electrons. The van der Waals surface area contributed by atoms with Gasteiger partial charge in [0, 0.05) is 28.3 Å². The standard InChI is InChI=1S/C23H20ClNO6S/c1-13-10-14(8-9-18(13)24)32(27,28)25-19-11-17-21(23(26)30-3)20(12-29-2)31-22(17)16-7-5-4-6-15(16)19/h4-11,25H,12H2,1-3H3. The number of nitrogens with one attached hydrogen (secondary N) is 1. The third-order valence-electron chi connectivity index (χ3n) is 5.12. The fourth-order valence-electron chi connectivity index (χ4n) is 3.60. The topological polar surface area (TPSA) is 94.8 Å². The van der Waals surface area contributed by atoms with Crippen molar-refractivity contribution < 1.29 is 27.1 Å². The summed E-state index contributed by atoms with van der Waals surface area (Å²) in [7, 11) is -1.18. The van der Waals surface area contributed by atoms with Gasteiger partial charge in [0.15, 0.2) is 0 Å². The number of sulfonamides is 1. The van der Waals surface area contributed by atoms with Gasteiger partial charge in [-0.15, -0.1) is 0 Å². The molecule has 0 fully saturated rings. The van der Waals surface area contributed by atoms with E-state index in [2.05, 4.69) is 4.72 Å². The van der Waals surface area contributed by atoms with Crippen LogP contribution in [0.25, 0.3) is 21.7 Å². The molecular formula is C23H20ClNO6S. The predicted molar refractivity (Wildman–Crippen MR) is 123 cm³/mol. The number of carbonyl (C=O) groups excluding carboxylic acids is 1. The number of aryl methyl sites for hydroxylation is 1. The highest BCUT2D eigenvalue weighted by Crippen LogP contribution is 2.38. The highest BCUT2D eigenvalue weighted by molar-refractivity contribution is 7.92. The number of hydrogen-bond donors (Lipinski definition) is 1. The number of ether oxygens (including phenoxy) is 2. The van der Waals surface area contributed by atoms with Gasteiger partial charge in [-0.2, -0.15) is 0 Å². The first kappa shape index (κ1) is 22.1. The van der Waals surface area contributed by atoms with Crippen LogP contribution in [0.15, 0.2) is 57.8 Å². The van der Waals surface area contributed by atoms with Gasteiger partial charge in [-0.05, 0) is 36.8 Å². The van der Waals surface area contributed by atoms with Gasteiger partial charge >= 0.3 is 5.97 Å². The molecule has 32 heavy (non-hydrogen) atoms. The predicted octanol–water partition coefficient (Wildman–Crippen LogP) is 5.28. The number of methoxy groups -OCH3 is 2. The van der Waals surface area contributed by atoms with Crippen LogP contribution in [0.4, 0.5) is 5.69 Å². The van der Waals surface area contributed by atoms with Crippen LogP contribution >= 0.6 is 11.6 Å². The molecular weight excluding hydrogens is 454 g/mol. The Balaban J connectivity index is 1.96. The van der Waals surface area contributed by atoms with E-state index in [0.717, 1.165) is 0 Å². The number of fused-ring (bicyclic) bond motifs is 3. The van der Waals surface area contributed by atoms with Crippen molar-refractivity contribution in [2.75, 3.05) is 18.9 Å². The molecule has 0 saturated heterocycles. The Morgan fingerprint density at radius 2 is 1.78 bits per heavy atom. The van der Waals surface area contributed by atoms with Gasteiger partial charge in [-0.3, -0.25) is 4.72 Å². The summed E-state index contributed by atoms with van der Waals surface area (Å²) < 4.78 is 45.0. The maximum absolute atomic E-state index is 13.1. The zero-order valence-corrected chi connectivity index (χ0v) is 19.1. The molecule has 7 nitrogen and oxygen atoms in total.